The van der Waals surface area contributed by atoms with Crippen LogP contribution in [0.2, 0.25) is 0 Å². The molecule has 2 saturated heterocycles. The summed E-state index contributed by atoms with van der Waals surface area (Å²) in [5.41, 5.74) is 0. The number of rotatable bonds is 5. The maximum atomic E-state index is 12.0. The molecule has 0 aliphatic carbocycles. The van der Waals surface area contributed by atoms with Gasteiger partial charge in [0.25, 0.3) is 0 Å². The molecule has 0 bridgehead atoms. The minimum absolute atomic E-state index is 0.0201. The van der Waals surface area contributed by atoms with Crippen molar-refractivity contribution in [2.75, 3.05) is 26.2 Å². The summed E-state index contributed by atoms with van der Waals surface area (Å²) in [6.07, 6.45) is 3.04. The van der Waals surface area contributed by atoms with Gasteiger partial charge in [0.2, 0.25) is 17.7 Å². The molecular weight excluding hydrogens is 246 g/mol. The lowest BCUT2D eigenvalue weighted by Gasteiger charge is -2.17. The van der Waals surface area contributed by atoms with E-state index in [9.17, 15) is 14.4 Å². The second-order valence-corrected chi connectivity index (χ2v) is 5.11. The first-order chi connectivity index (χ1) is 9.13. The van der Waals surface area contributed by atoms with Gasteiger partial charge in [-0.25, -0.2) is 0 Å². The van der Waals surface area contributed by atoms with Crippen LogP contribution in [0.3, 0.4) is 0 Å². The smallest absolute Gasteiger partial charge is 0.246 e. The Morgan fingerprint density at radius 1 is 1.32 bits per heavy atom. The number of carbonyl (C=O) groups excluding carboxylic acids is 3. The van der Waals surface area contributed by atoms with Crippen LogP contribution in [-0.2, 0) is 14.4 Å². The molecule has 6 heteroatoms. The van der Waals surface area contributed by atoms with Crippen molar-refractivity contribution in [1.82, 2.24) is 15.1 Å². The van der Waals surface area contributed by atoms with E-state index < -0.39 is 6.04 Å². The molecule has 0 saturated carbocycles. The van der Waals surface area contributed by atoms with E-state index in [4.69, 9.17) is 0 Å². The zero-order valence-corrected chi connectivity index (χ0v) is 11.4. The molecule has 2 rings (SSSR count). The molecule has 2 heterocycles. The topological polar surface area (TPSA) is 69.7 Å². The average molecular weight is 267 g/mol. The van der Waals surface area contributed by atoms with Gasteiger partial charge in [-0.05, 0) is 19.3 Å². The van der Waals surface area contributed by atoms with Crippen LogP contribution < -0.4 is 5.32 Å². The summed E-state index contributed by atoms with van der Waals surface area (Å²) in [6.45, 7) is 4.15. The van der Waals surface area contributed by atoms with Gasteiger partial charge >= 0.3 is 0 Å². The zero-order valence-electron chi connectivity index (χ0n) is 11.4. The molecule has 0 aromatic heterocycles. The molecule has 0 spiro atoms. The highest BCUT2D eigenvalue weighted by Crippen LogP contribution is 2.13. The summed E-state index contributed by atoms with van der Waals surface area (Å²) in [4.78, 5) is 38.6. The fraction of sp³-hybridized carbons (Fsp3) is 0.769. The molecule has 1 N–H and O–H groups in total. The van der Waals surface area contributed by atoms with Crippen LogP contribution >= 0.6 is 0 Å². The predicted molar refractivity (Wildman–Crippen MR) is 69.2 cm³/mol. The van der Waals surface area contributed by atoms with E-state index in [2.05, 4.69) is 5.32 Å². The fourth-order valence-corrected chi connectivity index (χ4v) is 2.59. The predicted octanol–water partition coefficient (Wildman–Crippen LogP) is -0.264. The molecule has 19 heavy (non-hydrogen) atoms. The van der Waals surface area contributed by atoms with E-state index in [0.717, 1.165) is 32.4 Å². The lowest BCUT2D eigenvalue weighted by molar-refractivity contribution is -0.138. The van der Waals surface area contributed by atoms with Crippen LogP contribution in [0.1, 0.15) is 32.6 Å². The first-order valence-corrected chi connectivity index (χ1v) is 6.99. The zero-order chi connectivity index (χ0) is 13.8. The summed E-state index contributed by atoms with van der Waals surface area (Å²) < 4.78 is 0. The summed E-state index contributed by atoms with van der Waals surface area (Å²) in [7, 11) is 0. The Bertz CT molecular complexity index is 377. The number of nitrogens with one attached hydrogen (secondary N) is 1. The van der Waals surface area contributed by atoms with Crippen molar-refractivity contribution in [3.05, 3.63) is 0 Å². The van der Waals surface area contributed by atoms with E-state index >= 15 is 0 Å². The van der Waals surface area contributed by atoms with Crippen LogP contribution in [-0.4, -0.2) is 59.7 Å². The normalized spacial score (nSPS) is 23.5. The Kier molecular flexibility index (Phi) is 4.52. The SMILES string of the molecule is CCCN1C(=O)CC(NCC(=O)N2CCCC2)C1=O. The van der Waals surface area contributed by atoms with Crippen LogP contribution in [0.4, 0.5) is 0 Å². The number of carbonyl (C=O) groups is 3. The van der Waals surface area contributed by atoms with Gasteiger partial charge in [0, 0.05) is 19.6 Å². The van der Waals surface area contributed by atoms with Crippen LogP contribution in [0, 0.1) is 0 Å². The van der Waals surface area contributed by atoms with E-state index in [0.29, 0.717) is 6.54 Å². The monoisotopic (exact) mass is 267 g/mol. The molecule has 0 aromatic carbocycles. The van der Waals surface area contributed by atoms with Crippen LogP contribution in [0.25, 0.3) is 0 Å². The molecule has 106 valence electrons. The number of imide groups is 1. The minimum atomic E-state index is -0.523. The summed E-state index contributed by atoms with van der Waals surface area (Å²) >= 11 is 0. The molecular formula is C13H21N3O3. The second-order valence-electron chi connectivity index (χ2n) is 5.11. The number of amides is 3. The molecule has 3 amide bonds. The standard InChI is InChI=1S/C13H21N3O3/c1-2-5-16-11(17)8-10(13(16)19)14-9-12(18)15-6-3-4-7-15/h10,14H,2-9H2,1H3. The summed E-state index contributed by atoms with van der Waals surface area (Å²) in [6, 6.07) is -0.523. The lowest BCUT2D eigenvalue weighted by atomic mass is 10.2. The highest BCUT2D eigenvalue weighted by Gasteiger charge is 2.37. The molecule has 2 aliphatic rings. The summed E-state index contributed by atoms with van der Waals surface area (Å²) in [5.74, 6) is -0.314. The Morgan fingerprint density at radius 2 is 2.00 bits per heavy atom. The minimum Gasteiger partial charge on any atom is -0.342 e. The van der Waals surface area contributed by atoms with Gasteiger partial charge in [-0.15, -0.1) is 0 Å². The van der Waals surface area contributed by atoms with Crippen molar-refractivity contribution >= 4 is 17.7 Å². The van der Waals surface area contributed by atoms with Gasteiger partial charge < -0.3 is 4.90 Å². The van der Waals surface area contributed by atoms with Crippen LogP contribution in [0.5, 0.6) is 0 Å². The molecule has 2 aliphatic heterocycles. The van der Waals surface area contributed by atoms with E-state index in [-0.39, 0.29) is 30.7 Å². The Hall–Kier alpha value is -1.43. The first-order valence-electron chi connectivity index (χ1n) is 6.99. The number of hydrogen-bond donors (Lipinski definition) is 1. The first kappa shape index (κ1) is 14.0. The lowest BCUT2D eigenvalue weighted by Crippen LogP contribution is -2.44. The number of likely N-dealkylation sites (tertiary alicyclic amines) is 2. The number of nitrogens with zero attached hydrogens (tertiary/aromatic N) is 2. The van der Waals surface area contributed by atoms with Crippen molar-refractivity contribution < 1.29 is 14.4 Å². The van der Waals surface area contributed by atoms with E-state index in [1.165, 1.54) is 4.90 Å². The molecule has 1 atom stereocenters. The molecule has 0 aromatic rings. The number of hydrogen-bond acceptors (Lipinski definition) is 4. The third kappa shape index (κ3) is 3.12. The average Bonchev–Trinajstić information content (AvgIpc) is 3.00. The van der Waals surface area contributed by atoms with Gasteiger partial charge in [0.1, 0.15) is 0 Å². The summed E-state index contributed by atoms with van der Waals surface area (Å²) in [5, 5.41) is 2.92. The third-order valence-corrected chi connectivity index (χ3v) is 3.65. The van der Waals surface area contributed by atoms with Gasteiger partial charge in [0.15, 0.2) is 0 Å². The molecule has 0 radical (unpaired) electrons. The maximum absolute atomic E-state index is 12.0. The Balaban J connectivity index is 1.81. The van der Waals surface area contributed by atoms with Gasteiger partial charge in [0.05, 0.1) is 19.0 Å². The maximum Gasteiger partial charge on any atom is 0.246 e. The van der Waals surface area contributed by atoms with Gasteiger partial charge in [-0.1, -0.05) is 6.92 Å². The molecule has 2 fully saturated rings. The van der Waals surface area contributed by atoms with Crippen molar-refractivity contribution in [3.8, 4) is 0 Å². The third-order valence-electron chi connectivity index (χ3n) is 3.65. The van der Waals surface area contributed by atoms with Gasteiger partial charge in [-0.2, -0.15) is 0 Å². The largest absolute Gasteiger partial charge is 0.342 e. The second kappa shape index (κ2) is 6.14. The van der Waals surface area contributed by atoms with E-state index in [1.54, 1.807) is 4.90 Å². The highest BCUT2D eigenvalue weighted by atomic mass is 16.2. The van der Waals surface area contributed by atoms with Crippen molar-refractivity contribution in [1.29, 1.82) is 0 Å². The molecule has 1 unspecified atom stereocenters. The molecule has 6 nitrogen and oxygen atoms in total. The van der Waals surface area contributed by atoms with E-state index in [1.807, 2.05) is 6.92 Å². The highest BCUT2D eigenvalue weighted by molar-refractivity contribution is 6.05. The van der Waals surface area contributed by atoms with Gasteiger partial charge in [-0.3, -0.25) is 24.6 Å². The quantitative estimate of drug-likeness (QED) is 0.697. The van der Waals surface area contributed by atoms with Crippen molar-refractivity contribution in [2.45, 2.75) is 38.6 Å². The van der Waals surface area contributed by atoms with Crippen molar-refractivity contribution in [2.24, 2.45) is 0 Å². The van der Waals surface area contributed by atoms with Crippen molar-refractivity contribution in [3.63, 3.8) is 0 Å². The Labute approximate surface area is 113 Å². The fourth-order valence-electron chi connectivity index (χ4n) is 2.59. The van der Waals surface area contributed by atoms with Crippen LogP contribution in [0.15, 0.2) is 0 Å². The Morgan fingerprint density at radius 3 is 2.63 bits per heavy atom.